The van der Waals surface area contributed by atoms with Gasteiger partial charge in [0.05, 0.1) is 18.2 Å². The molecule has 0 aliphatic heterocycles. The monoisotopic (exact) mass is 263 g/mol. The number of aliphatic hydroxyl groups is 1. The highest BCUT2D eigenvalue weighted by Crippen LogP contribution is 2.18. The van der Waals surface area contributed by atoms with Gasteiger partial charge in [0, 0.05) is 0 Å². The lowest BCUT2D eigenvalue weighted by Gasteiger charge is -2.16. The van der Waals surface area contributed by atoms with E-state index in [2.05, 4.69) is 11.9 Å². The van der Waals surface area contributed by atoms with E-state index in [0.717, 1.165) is 5.57 Å². The zero-order chi connectivity index (χ0) is 14.3. The highest BCUT2D eigenvalue weighted by molar-refractivity contribution is 5.97. The van der Waals surface area contributed by atoms with Gasteiger partial charge in [-0.1, -0.05) is 25.6 Å². The Hall–Kier alpha value is -1.81. The van der Waals surface area contributed by atoms with Crippen molar-refractivity contribution in [2.24, 2.45) is 0 Å². The molecule has 19 heavy (non-hydrogen) atoms. The molecule has 1 aromatic rings. The Morgan fingerprint density at radius 3 is 2.74 bits per heavy atom. The normalized spacial score (nSPS) is 11.7. The molecule has 0 fully saturated rings. The van der Waals surface area contributed by atoms with Crippen molar-refractivity contribution in [2.45, 2.75) is 26.3 Å². The molecule has 4 nitrogen and oxygen atoms in total. The van der Waals surface area contributed by atoms with E-state index < -0.39 is 0 Å². The van der Waals surface area contributed by atoms with Crippen molar-refractivity contribution in [2.75, 3.05) is 13.2 Å². The van der Waals surface area contributed by atoms with Crippen LogP contribution in [0.15, 0.2) is 36.4 Å². The smallest absolute Gasteiger partial charge is 0.255 e. The number of amides is 1. The number of carbonyl (C=O) groups excluding carboxylic acids is 1. The van der Waals surface area contributed by atoms with Crippen molar-refractivity contribution in [3.8, 4) is 5.75 Å². The van der Waals surface area contributed by atoms with Crippen LogP contribution in [-0.2, 0) is 0 Å². The molecule has 0 spiro atoms. The van der Waals surface area contributed by atoms with Gasteiger partial charge in [0.15, 0.2) is 0 Å². The topological polar surface area (TPSA) is 58.6 Å². The summed E-state index contributed by atoms with van der Waals surface area (Å²) in [7, 11) is 0. The summed E-state index contributed by atoms with van der Waals surface area (Å²) in [6.07, 6.45) is 0.678. The Morgan fingerprint density at radius 2 is 2.16 bits per heavy atom. The van der Waals surface area contributed by atoms with Crippen LogP contribution >= 0.6 is 0 Å². The van der Waals surface area contributed by atoms with Gasteiger partial charge in [-0.15, -0.1) is 0 Å². The van der Waals surface area contributed by atoms with Gasteiger partial charge >= 0.3 is 0 Å². The van der Waals surface area contributed by atoms with Crippen molar-refractivity contribution in [3.05, 3.63) is 42.0 Å². The molecular weight excluding hydrogens is 242 g/mol. The highest BCUT2D eigenvalue weighted by atomic mass is 16.5. The van der Waals surface area contributed by atoms with Crippen LogP contribution in [0.2, 0.25) is 0 Å². The molecule has 0 bridgehead atoms. The van der Waals surface area contributed by atoms with Crippen molar-refractivity contribution < 1.29 is 14.6 Å². The van der Waals surface area contributed by atoms with E-state index in [0.29, 0.717) is 24.3 Å². The summed E-state index contributed by atoms with van der Waals surface area (Å²) in [5, 5.41) is 11.9. The first-order chi connectivity index (χ1) is 9.08. The van der Waals surface area contributed by atoms with Crippen molar-refractivity contribution in [1.29, 1.82) is 0 Å². The lowest BCUT2D eigenvalue weighted by Crippen LogP contribution is -2.37. The first-order valence-electron chi connectivity index (χ1n) is 6.36. The number of hydrogen-bond acceptors (Lipinski definition) is 3. The lowest BCUT2D eigenvalue weighted by atomic mass is 10.1. The molecule has 104 valence electrons. The Bertz CT molecular complexity index is 439. The van der Waals surface area contributed by atoms with Crippen LogP contribution in [-0.4, -0.2) is 30.3 Å². The summed E-state index contributed by atoms with van der Waals surface area (Å²) >= 11 is 0. The minimum Gasteiger partial charge on any atom is -0.488 e. The Morgan fingerprint density at radius 1 is 1.47 bits per heavy atom. The zero-order valence-corrected chi connectivity index (χ0v) is 11.5. The third-order valence-corrected chi connectivity index (χ3v) is 2.65. The molecule has 0 heterocycles. The second-order valence-corrected chi connectivity index (χ2v) is 4.50. The molecule has 1 aromatic carbocycles. The van der Waals surface area contributed by atoms with Crippen LogP contribution in [0.1, 0.15) is 30.6 Å². The van der Waals surface area contributed by atoms with Crippen molar-refractivity contribution in [1.82, 2.24) is 5.32 Å². The van der Waals surface area contributed by atoms with E-state index >= 15 is 0 Å². The van der Waals surface area contributed by atoms with E-state index in [1.165, 1.54) is 0 Å². The van der Waals surface area contributed by atoms with Gasteiger partial charge in [0.1, 0.15) is 12.4 Å². The second-order valence-electron chi connectivity index (χ2n) is 4.50. The first-order valence-corrected chi connectivity index (χ1v) is 6.36. The number of para-hydroxylation sites is 1. The molecule has 0 aliphatic carbocycles. The maximum atomic E-state index is 12.1. The first kappa shape index (κ1) is 15.2. The van der Waals surface area contributed by atoms with Gasteiger partial charge in [-0.25, -0.2) is 0 Å². The van der Waals surface area contributed by atoms with E-state index in [4.69, 9.17) is 9.84 Å². The Balaban J connectivity index is 2.81. The number of nitrogens with one attached hydrogen (secondary N) is 1. The molecule has 0 saturated carbocycles. The quantitative estimate of drug-likeness (QED) is 0.741. The SMILES string of the molecule is C=C(C)COc1ccccc1C(=O)N[C@@H](CC)CO. The molecule has 1 amide bonds. The fourth-order valence-corrected chi connectivity index (χ4v) is 1.52. The number of ether oxygens (including phenoxy) is 1. The average Bonchev–Trinajstić information content (AvgIpc) is 2.42. The second kappa shape index (κ2) is 7.59. The minimum absolute atomic E-state index is 0.0724. The number of aliphatic hydroxyl groups excluding tert-OH is 1. The predicted octanol–water partition coefficient (Wildman–Crippen LogP) is 2.14. The van der Waals surface area contributed by atoms with Crippen LogP contribution in [0.3, 0.4) is 0 Å². The third kappa shape index (κ3) is 4.75. The molecule has 0 saturated heterocycles. The maximum Gasteiger partial charge on any atom is 0.255 e. The maximum absolute atomic E-state index is 12.1. The van der Waals surface area contributed by atoms with E-state index in [1.54, 1.807) is 18.2 Å². The van der Waals surface area contributed by atoms with Gasteiger partial charge in [0.25, 0.3) is 5.91 Å². The summed E-state index contributed by atoms with van der Waals surface area (Å²) < 4.78 is 5.55. The van der Waals surface area contributed by atoms with E-state index in [9.17, 15) is 4.79 Å². The predicted molar refractivity (Wildman–Crippen MR) is 75.4 cm³/mol. The van der Waals surface area contributed by atoms with Gasteiger partial charge in [0.2, 0.25) is 0 Å². The summed E-state index contributed by atoms with van der Waals surface area (Å²) in [5.41, 5.74) is 1.35. The molecule has 1 atom stereocenters. The Kier molecular flexibility index (Phi) is 6.09. The van der Waals surface area contributed by atoms with Crippen LogP contribution in [0.25, 0.3) is 0 Å². The molecular formula is C15H21NO3. The Labute approximate surface area is 114 Å². The summed E-state index contributed by atoms with van der Waals surface area (Å²) in [6, 6.07) is 6.81. The summed E-state index contributed by atoms with van der Waals surface area (Å²) in [5.74, 6) is 0.286. The van der Waals surface area contributed by atoms with Crippen molar-refractivity contribution >= 4 is 5.91 Å². The van der Waals surface area contributed by atoms with Gasteiger partial charge < -0.3 is 15.2 Å². The highest BCUT2D eigenvalue weighted by Gasteiger charge is 2.15. The molecule has 0 aromatic heterocycles. The van der Waals surface area contributed by atoms with E-state index in [1.807, 2.05) is 19.9 Å². The standard InChI is InChI=1S/C15H21NO3/c1-4-12(9-17)16-15(18)13-7-5-6-8-14(13)19-10-11(2)3/h5-8,12,17H,2,4,9-10H2,1,3H3,(H,16,18)/t12-/m0/s1. The van der Waals surface area contributed by atoms with Crippen LogP contribution in [0.5, 0.6) is 5.75 Å². The lowest BCUT2D eigenvalue weighted by molar-refractivity contribution is 0.0911. The molecule has 0 radical (unpaired) electrons. The number of rotatable bonds is 7. The third-order valence-electron chi connectivity index (χ3n) is 2.65. The van der Waals surface area contributed by atoms with Gasteiger partial charge in [-0.05, 0) is 31.1 Å². The van der Waals surface area contributed by atoms with Crippen LogP contribution < -0.4 is 10.1 Å². The zero-order valence-electron chi connectivity index (χ0n) is 11.5. The van der Waals surface area contributed by atoms with Crippen LogP contribution in [0, 0.1) is 0 Å². The summed E-state index contributed by atoms with van der Waals surface area (Å²) in [4.78, 5) is 12.1. The molecule has 0 aliphatic rings. The molecule has 0 unspecified atom stereocenters. The molecule has 2 N–H and O–H groups in total. The van der Waals surface area contributed by atoms with Gasteiger partial charge in [-0.3, -0.25) is 4.79 Å². The largest absolute Gasteiger partial charge is 0.488 e. The fourth-order valence-electron chi connectivity index (χ4n) is 1.52. The number of carbonyl (C=O) groups is 1. The molecule has 1 rings (SSSR count). The minimum atomic E-state index is -0.238. The number of benzene rings is 1. The summed E-state index contributed by atoms with van der Waals surface area (Å²) in [6.45, 7) is 7.84. The fraction of sp³-hybridized carbons (Fsp3) is 0.400. The molecule has 4 heteroatoms. The average molecular weight is 263 g/mol. The number of hydrogen-bond donors (Lipinski definition) is 2. The van der Waals surface area contributed by atoms with Gasteiger partial charge in [-0.2, -0.15) is 0 Å². The van der Waals surface area contributed by atoms with E-state index in [-0.39, 0.29) is 18.6 Å². The van der Waals surface area contributed by atoms with Crippen LogP contribution in [0.4, 0.5) is 0 Å². The van der Waals surface area contributed by atoms with Crippen molar-refractivity contribution in [3.63, 3.8) is 0 Å².